The van der Waals surface area contributed by atoms with Gasteiger partial charge in [0.05, 0.1) is 22.4 Å². The van der Waals surface area contributed by atoms with Gasteiger partial charge < -0.3 is 30.6 Å². The lowest BCUT2D eigenvalue weighted by Gasteiger charge is -2.63. The van der Waals surface area contributed by atoms with Crippen molar-refractivity contribution in [2.75, 3.05) is 0 Å². The molecule has 0 aromatic heterocycles. The van der Waals surface area contributed by atoms with Crippen LogP contribution < -0.4 is 0 Å². The molecule has 2 aliphatic rings. The number of aliphatic hydroxyl groups is 6. The van der Waals surface area contributed by atoms with E-state index >= 15 is 0 Å². The smallest absolute Gasteiger partial charge is 0.102 e. The van der Waals surface area contributed by atoms with Crippen molar-refractivity contribution in [1.29, 1.82) is 0 Å². The highest BCUT2D eigenvalue weighted by Crippen LogP contribution is 2.57. The van der Waals surface area contributed by atoms with E-state index in [4.69, 9.17) is 0 Å². The van der Waals surface area contributed by atoms with Crippen LogP contribution in [0, 0.1) is 11.8 Å². The highest BCUT2D eigenvalue weighted by molar-refractivity contribution is 5.19. The molecule has 26 heavy (non-hydrogen) atoms. The Morgan fingerprint density at radius 1 is 0.654 bits per heavy atom. The fourth-order valence-corrected chi connectivity index (χ4v) is 5.76. The van der Waals surface area contributed by atoms with Crippen LogP contribution in [0.2, 0.25) is 0 Å². The molecular formula is C20H38O6. The molecule has 0 aromatic carbocycles. The Morgan fingerprint density at radius 2 is 0.923 bits per heavy atom. The van der Waals surface area contributed by atoms with Gasteiger partial charge in [0.1, 0.15) is 11.2 Å². The van der Waals surface area contributed by atoms with E-state index in [0.29, 0.717) is 25.7 Å². The molecule has 6 nitrogen and oxygen atoms in total. The van der Waals surface area contributed by atoms with E-state index in [1.165, 1.54) is 0 Å². The highest BCUT2D eigenvalue weighted by atomic mass is 16.4. The quantitative estimate of drug-likeness (QED) is 0.440. The van der Waals surface area contributed by atoms with Crippen molar-refractivity contribution in [3.8, 4) is 0 Å². The van der Waals surface area contributed by atoms with E-state index < -0.39 is 45.4 Å². The summed E-state index contributed by atoms with van der Waals surface area (Å²) >= 11 is 0. The zero-order chi connectivity index (χ0) is 20.4. The van der Waals surface area contributed by atoms with Crippen molar-refractivity contribution >= 4 is 0 Å². The second kappa shape index (κ2) is 6.13. The number of hydrogen-bond acceptors (Lipinski definition) is 6. The first-order chi connectivity index (χ1) is 11.3. The summed E-state index contributed by atoms with van der Waals surface area (Å²) in [5.74, 6) is -1.42. The molecular weight excluding hydrogens is 336 g/mol. The first kappa shape index (κ1) is 22.1. The molecule has 6 atom stereocenters. The van der Waals surface area contributed by atoms with Crippen LogP contribution in [0.15, 0.2) is 0 Å². The molecule has 2 fully saturated rings. The van der Waals surface area contributed by atoms with Crippen LogP contribution in [-0.4, -0.2) is 64.2 Å². The zero-order valence-corrected chi connectivity index (χ0v) is 17.1. The fourth-order valence-electron chi connectivity index (χ4n) is 5.76. The van der Waals surface area contributed by atoms with Crippen LogP contribution in [-0.2, 0) is 0 Å². The standard InChI is InChI=1S/C20H38O6/c1-15(2,21)13-7-9-17(5,23)11-19(13,25)20(26)12-18(6,24)10-8-14(20)16(3,4)22/h13-14,21-26H,7-12H2,1-6H3. The van der Waals surface area contributed by atoms with E-state index in [1.54, 1.807) is 41.5 Å². The largest absolute Gasteiger partial charge is 0.390 e. The molecule has 2 aliphatic carbocycles. The molecule has 0 amide bonds. The molecule has 2 saturated carbocycles. The molecule has 0 aliphatic heterocycles. The normalized spacial score (nSPS) is 48.5. The maximum Gasteiger partial charge on any atom is 0.102 e. The summed E-state index contributed by atoms with van der Waals surface area (Å²) in [4.78, 5) is 0. The van der Waals surface area contributed by atoms with Crippen molar-refractivity contribution < 1.29 is 30.6 Å². The van der Waals surface area contributed by atoms with Gasteiger partial charge in [-0.05, 0) is 67.2 Å². The third-order valence-corrected chi connectivity index (χ3v) is 6.85. The summed E-state index contributed by atoms with van der Waals surface area (Å²) in [5.41, 5.74) is -8.73. The monoisotopic (exact) mass is 374 g/mol. The summed E-state index contributed by atoms with van der Waals surface area (Å²) in [5, 5.41) is 66.5. The summed E-state index contributed by atoms with van der Waals surface area (Å²) < 4.78 is 0. The summed E-state index contributed by atoms with van der Waals surface area (Å²) in [6, 6.07) is 0. The first-order valence-electron chi connectivity index (χ1n) is 9.68. The molecule has 0 spiro atoms. The lowest BCUT2D eigenvalue weighted by atomic mass is 9.49. The second-order valence-electron chi connectivity index (χ2n) is 10.7. The van der Waals surface area contributed by atoms with Crippen molar-refractivity contribution in [2.24, 2.45) is 11.8 Å². The van der Waals surface area contributed by atoms with Crippen molar-refractivity contribution in [3.63, 3.8) is 0 Å². The van der Waals surface area contributed by atoms with Gasteiger partial charge >= 0.3 is 0 Å². The molecule has 6 heteroatoms. The Bertz CT molecular complexity index is 481. The number of rotatable bonds is 3. The fraction of sp³-hybridized carbons (Fsp3) is 1.00. The molecule has 2 rings (SSSR count). The Hall–Kier alpha value is -0.240. The predicted molar refractivity (Wildman–Crippen MR) is 98.4 cm³/mol. The Kier molecular flexibility index (Phi) is 5.20. The SMILES string of the molecule is CC1(O)CCC(C(C)(C)O)C(O)(C2(O)CC(C)(O)CCC2C(C)(C)O)C1. The van der Waals surface area contributed by atoms with Crippen LogP contribution in [0.3, 0.4) is 0 Å². The van der Waals surface area contributed by atoms with E-state index in [1.807, 2.05) is 0 Å². The maximum absolute atomic E-state index is 11.9. The van der Waals surface area contributed by atoms with Crippen LogP contribution in [0.4, 0.5) is 0 Å². The van der Waals surface area contributed by atoms with Gasteiger partial charge in [0.25, 0.3) is 0 Å². The molecule has 0 heterocycles. The molecule has 6 N–H and O–H groups in total. The average molecular weight is 375 g/mol. The van der Waals surface area contributed by atoms with Crippen molar-refractivity contribution in [2.45, 2.75) is 114 Å². The Labute approximate surface area is 156 Å². The average Bonchev–Trinajstić information content (AvgIpc) is 2.32. The molecule has 6 unspecified atom stereocenters. The van der Waals surface area contributed by atoms with E-state index in [9.17, 15) is 30.6 Å². The van der Waals surface area contributed by atoms with Gasteiger partial charge in [0, 0.05) is 24.7 Å². The van der Waals surface area contributed by atoms with Gasteiger partial charge in [-0.2, -0.15) is 0 Å². The molecule has 154 valence electrons. The first-order valence-corrected chi connectivity index (χ1v) is 9.68. The molecule has 0 radical (unpaired) electrons. The van der Waals surface area contributed by atoms with E-state index in [0.717, 1.165) is 0 Å². The lowest BCUT2D eigenvalue weighted by molar-refractivity contribution is -0.307. The minimum absolute atomic E-state index is 0.131. The van der Waals surface area contributed by atoms with Crippen molar-refractivity contribution in [1.82, 2.24) is 0 Å². The highest BCUT2D eigenvalue weighted by Gasteiger charge is 2.68. The minimum Gasteiger partial charge on any atom is -0.390 e. The minimum atomic E-state index is -1.86. The van der Waals surface area contributed by atoms with Gasteiger partial charge in [-0.3, -0.25) is 0 Å². The third kappa shape index (κ3) is 3.82. The van der Waals surface area contributed by atoms with Crippen LogP contribution in [0.5, 0.6) is 0 Å². The van der Waals surface area contributed by atoms with Crippen LogP contribution >= 0.6 is 0 Å². The summed E-state index contributed by atoms with van der Waals surface area (Å²) in [6.45, 7) is 9.58. The van der Waals surface area contributed by atoms with Crippen molar-refractivity contribution in [3.05, 3.63) is 0 Å². The lowest BCUT2D eigenvalue weighted by Crippen LogP contribution is -2.74. The second-order valence-corrected chi connectivity index (χ2v) is 10.7. The maximum atomic E-state index is 11.9. The third-order valence-electron chi connectivity index (χ3n) is 6.85. The van der Waals surface area contributed by atoms with Gasteiger partial charge in [0.2, 0.25) is 0 Å². The van der Waals surface area contributed by atoms with Gasteiger partial charge in [-0.15, -0.1) is 0 Å². The topological polar surface area (TPSA) is 121 Å². The predicted octanol–water partition coefficient (Wildman–Crippen LogP) is 1.09. The van der Waals surface area contributed by atoms with Crippen LogP contribution in [0.1, 0.15) is 80.1 Å². The van der Waals surface area contributed by atoms with Gasteiger partial charge in [-0.25, -0.2) is 0 Å². The molecule has 0 aromatic rings. The van der Waals surface area contributed by atoms with E-state index in [2.05, 4.69) is 0 Å². The number of hydrogen-bond donors (Lipinski definition) is 6. The summed E-state index contributed by atoms with van der Waals surface area (Å²) in [6.07, 6.45) is 1.18. The molecule has 0 saturated heterocycles. The Balaban J connectivity index is 2.64. The zero-order valence-electron chi connectivity index (χ0n) is 17.1. The Morgan fingerprint density at radius 3 is 1.15 bits per heavy atom. The summed E-state index contributed by atoms with van der Waals surface area (Å²) in [7, 11) is 0. The van der Waals surface area contributed by atoms with Gasteiger partial charge in [0.15, 0.2) is 0 Å². The molecule has 0 bridgehead atoms. The van der Waals surface area contributed by atoms with Gasteiger partial charge in [-0.1, -0.05) is 0 Å². The van der Waals surface area contributed by atoms with E-state index in [-0.39, 0.29) is 12.8 Å². The van der Waals surface area contributed by atoms with Crippen LogP contribution in [0.25, 0.3) is 0 Å².